The van der Waals surface area contributed by atoms with Gasteiger partial charge in [-0.1, -0.05) is 18.9 Å². The van der Waals surface area contributed by atoms with Crippen LogP contribution in [0.2, 0.25) is 0 Å². The van der Waals surface area contributed by atoms with Crippen molar-refractivity contribution in [3.8, 4) is 0 Å². The van der Waals surface area contributed by atoms with Crippen LogP contribution < -0.4 is 4.90 Å². The van der Waals surface area contributed by atoms with Crippen LogP contribution in [-0.4, -0.2) is 18.1 Å². The first-order valence-electron chi connectivity index (χ1n) is 6.46. The summed E-state index contributed by atoms with van der Waals surface area (Å²) < 4.78 is 0. The lowest BCUT2D eigenvalue weighted by Crippen LogP contribution is -2.25. The first-order chi connectivity index (χ1) is 7.77. The molecule has 1 saturated heterocycles. The molecule has 2 heteroatoms. The third-order valence-corrected chi connectivity index (χ3v) is 4.30. The molecule has 2 aliphatic rings. The van der Waals surface area contributed by atoms with Gasteiger partial charge in [0.05, 0.1) is 0 Å². The van der Waals surface area contributed by atoms with E-state index in [1.165, 1.54) is 51.0 Å². The molecule has 0 amide bonds. The lowest BCUT2D eigenvalue weighted by Gasteiger charge is -2.24. The molecule has 1 aromatic rings. The second-order valence-corrected chi connectivity index (χ2v) is 5.52. The summed E-state index contributed by atoms with van der Waals surface area (Å²) >= 11 is 0. The number of rotatable bonds is 1. The van der Waals surface area contributed by atoms with Crippen LogP contribution >= 0.6 is 0 Å². The summed E-state index contributed by atoms with van der Waals surface area (Å²) in [6.45, 7) is 4.52. The molecular weight excluding hydrogens is 196 g/mol. The second kappa shape index (κ2) is 3.76. The molecule has 16 heavy (non-hydrogen) atoms. The number of aryl methyl sites for hydroxylation is 1. The van der Waals surface area contributed by atoms with Crippen molar-refractivity contribution < 1.29 is 0 Å². The summed E-state index contributed by atoms with van der Waals surface area (Å²) in [7, 11) is 0. The predicted octanol–water partition coefficient (Wildman–Crippen LogP) is 3.16. The SMILES string of the molecule is Cc1cccc(N2CCC3(CCCC3)C2)n1. The number of anilines is 1. The third kappa shape index (κ3) is 1.70. The van der Waals surface area contributed by atoms with E-state index in [2.05, 4.69) is 35.0 Å². The molecule has 1 aliphatic carbocycles. The maximum absolute atomic E-state index is 4.64. The molecule has 0 N–H and O–H groups in total. The van der Waals surface area contributed by atoms with E-state index in [-0.39, 0.29) is 0 Å². The fraction of sp³-hybridized carbons (Fsp3) is 0.643. The Kier molecular flexibility index (Phi) is 2.38. The van der Waals surface area contributed by atoms with Gasteiger partial charge in [0.1, 0.15) is 5.82 Å². The molecule has 0 atom stereocenters. The van der Waals surface area contributed by atoms with Crippen LogP contribution in [-0.2, 0) is 0 Å². The van der Waals surface area contributed by atoms with Gasteiger partial charge in [-0.2, -0.15) is 0 Å². The van der Waals surface area contributed by atoms with Crippen LogP contribution in [0.4, 0.5) is 5.82 Å². The summed E-state index contributed by atoms with van der Waals surface area (Å²) in [6.07, 6.45) is 7.14. The molecule has 1 aromatic heterocycles. The largest absolute Gasteiger partial charge is 0.356 e. The van der Waals surface area contributed by atoms with E-state index in [0.29, 0.717) is 5.41 Å². The van der Waals surface area contributed by atoms with Crippen molar-refractivity contribution in [1.29, 1.82) is 0 Å². The highest BCUT2D eigenvalue weighted by Crippen LogP contribution is 2.45. The van der Waals surface area contributed by atoms with E-state index in [1.54, 1.807) is 0 Å². The molecule has 1 saturated carbocycles. The minimum absolute atomic E-state index is 0.644. The Morgan fingerprint density at radius 2 is 2.00 bits per heavy atom. The van der Waals surface area contributed by atoms with E-state index in [0.717, 1.165) is 5.69 Å². The number of hydrogen-bond acceptors (Lipinski definition) is 2. The lowest BCUT2D eigenvalue weighted by atomic mass is 9.86. The van der Waals surface area contributed by atoms with Gasteiger partial charge in [-0.25, -0.2) is 4.98 Å². The Balaban J connectivity index is 1.78. The molecule has 1 spiro atoms. The van der Waals surface area contributed by atoms with Crippen molar-refractivity contribution in [2.24, 2.45) is 5.41 Å². The van der Waals surface area contributed by atoms with Crippen LogP contribution in [0.3, 0.4) is 0 Å². The Labute approximate surface area is 97.7 Å². The number of pyridine rings is 1. The average molecular weight is 216 g/mol. The van der Waals surface area contributed by atoms with Gasteiger partial charge in [-0.3, -0.25) is 0 Å². The summed E-state index contributed by atoms with van der Waals surface area (Å²) in [6, 6.07) is 6.35. The highest BCUT2D eigenvalue weighted by Gasteiger charge is 2.40. The van der Waals surface area contributed by atoms with Crippen molar-refractivity contribution in [2.45, 2.75) is 39.0 Å². The Bertz CT molecular complexity index is 380. The first-order valence-corrected chi connectivity index (χ1v) is 6.46. The van der Waals surface area contributed by atoms with Crippen LogP contribution in [0.5, 0.6) is 0 Å². The van der Waals surface area contributed by atoms with Gasteiger partial charge < -0.3 is 4.90 Å². The molecule has 2 heterocycles. The summed E-state index contributed by atoms with van der Waals surface area (Å²) in [5, 5.41) is 0. The van der Waals surface area contributed by atoms with Gasteiger partial charge in [0, 0.05) is 18.8 Å². The van der Waals surface area contributed by atoms with Crippen LogP contribution in [0.15, 0.2) is 18.2 Å². The van der Waals surface area contributed by atoms with E-state index in [4.69, 9.17) is 0 Å². The quantitative estimate of drug-likeness (QED) is 0.717. The summed E-state index contributed by atoms with van der Waals surface area (Å²) in [5.74, 6) is 1.18. The second-order valence-electron chi connectivity index (χ2n) is 5.52. The number of nitrogens with zero attached hydrogens (tertiary/aromatic N) is 2. The zero-order valence-electron chi connectivity index (χ0n) is 10.1. The van der Waals surface area contributed by atoms with Crippen molar-refractivity contribution in [3.63, 3.8) is 0 Å². The van der Waals surface area contributed by atoms with Gasteiger partial charge in [0.2, 0.25) is 0 Å². The average Bonchev–Trinajstić information content (AvgIpc) is 2.90. The van der Waals surface area contributed by atoms with Crippen molar-refractivity contribution in [2.75, 3.05) is 18.0 Å². The van der Waals surface area contributed by atoms with Gasteiger partial charge in [-0.05, 0) is 43.7 Å². The smallest absolute Gasteiger partial charge is 0.128 e. The summed E-state index contributed by atoms with van der Waals surface area (Å²) in [5.41, 5.74) is 1.77. The van der Waals surface area contributed by atoms with Gasteiger partial charge in [-0.15, -0.1) is 0 Å². The zero-order chi connectivity index (χ0) is 11.0. The molecule has 1 aliphatic heterocycles. The molecule has 0 unspecified atom stereocenters. The normalized spacial score (nSPS) is 23.2. The van der Waals surface area contributed by atoms with Crippen molar-refractivity contribution in [3.05, 3.63) is 23.9 Å². The highest BCUT2D eigenvalue weighted by molar-refractivity contribution is 5.41. The Morgan fingerprint density at radius 3 is 2.75 bits per heavy atom. The monoisotopic (exact) mass is 216 g/mol. The van der Waals surface area contributed by atoms with Crippen LogP contribution in [0.1, 0.15) is 37.8 Å². The lowest BCUT2D eigenvalue weighted by molar-refractivity contribution is 0.340. The van der Waals surface area contributed by atoms with E-state index >= 15 is 0 Å². The minimum atomic E-state index is 0.644. The molecule has 0 radical (unpaired) electrons. The number of aromatic nitrogens is 1. The van der Waals surface area contributed by atoms with Crippen molar-refractivity contribution in [1.82, 2.24) is 4.98 Å². The fourth-order valence-electron chi connectivity index (χ4n) is 3.37. The maximum atomic E-state index is 4.64. The van der Waals surface area contributed by atoms with Gasteiger partial charge >= 0.3 is 0 Å². The molecular formula is C14H20N2. The molecule has 0 aromatic carbocycles. The minimum Gasteiger partial charge on any atom is -0.356 e. The van der Waals surface area contributed by atoms with Gasteiger partial charge in [0.25, 0.3) is 0 Å². The van der Waals surface area contributed by atoms with Crippen LogP contribution in [0, 0.1) is 12.3 Å². The van der Waals surface area contributed by atoms with Gasteiger partial charge in [0.15, 0.2) is 0 Å². The molecule has 0 bridgehead atoms. The van der Waals surface area contributed by atoms with Crippen molar-refractivity contribution >= 4 is 5.82 Å². The first kappa shape index (κ1) is 10.1. The molecule has 86 valence electrons. The van der Waals surface area contributed by atoms with Crippen LogP contribution in [0.25, 0.3) is 0 Å². The molecule has 3 rings (SSSR count). The molecule has 2 fully saturated rings. The third-order valence-electron chi connectivity index (χ3n) is 4.30. The fourth-order valence-corrected chi connectivity index (χ4v) is 3.37. The van der Waals surface area contributed by atoms with E-state index in [9.17, 15) is 0 Å². The van der Waals surface area contributed by atoms with E-state index < -0.39 is 0 Å². The Hall–Kier alpha value is -1.05. The predicted molar refractivity (Wildman–Crippen MR) is 66.7 cm³/mol. The topological polar surface area (TPSA) is 16.1 Å². The number of hydrogen-bond donors (Lipinski definition) is 0. The standard InChI is InChI=1S/C14H20N2/c1-12-5-4-6-13(15-12)16-10-9-14(11-16)7-2-3-8-14/h4-6H,2-3,7-11H2,1H3. The van der Waals surface area contributed by atoms with E-state index in [1.807, 2.05) is 0 Å². The Morgan fingerprint density at radius 1 is 1.19 bits per heavy atom. The highest BCUT2D eigenvalue weighted by atomic mass is 15.2. The summed E-state index contributed by atoms with van der Waals surface area (Å²) in [4.78, 5) is 7.12. The molecule has 2 nitrogen and oxygen atoms in total. The maximum Gasteiger partial charge on any atom is 0.128 e. The zero-order valence-corrected chi connectivity index (χ0v) is 10.1.